The Bertz CT molecular complexity index is 277. The Labute approximate surface area is 104 Å². The molecule has 4 nitrogen and oxygen atoms in total. The zero-order valence-electron chi connectivity index (χ0n) is 10.9. The first-order valence-corrected chi connectivity index (χ1v) is 6.55. The first kappa shape index (κ1) is 14.0. The van der Waals surface area contributed by atoms with Gasteiger partial charge in [0.1, 0.15) is 5.92 Å². The second-order valence-electron chi connectivity index (χ2n) is 5.04. The second-order valence-corrected chi connectivity index (χ2v) is 5.04. The van der Waals surface area contributed by atoms with Gasteiger partial charge in [0.2, 0.25) is 5.91 Å². The van der Waals surface area contributed by atoms with Gasteiger partial charge in [0.15, 0.2) is 0 Å². The van der Waals surface area contributed by atoms with Crippen LogP contribution in [-0.4, -0.2) is 37.0 Å². The topological polar surface area (TPSA) is 56.1 Å². The molecule has 0 saturated carbocycles. The summed E-state index contributed by atoms with van der Waals surface area (Å²) in [6.45, 7) is 7.64. The number of rotatable bonds is 5. The summed E-state index contributed by atoms with van der Waals surface area (Å²) < 4.78 is 0. The van der Waals surface area contributed by atoms with E-state index in [0.29, 0.717) is 6.54 Å². The minimum absolute atomic E-state index is 0.0787. The van der Waals surface area contributed by atoms with Crippen LogP contribution in [0.1, 0.15) is 33.1 Å². The maximum Gasteiger partial charge on any atom is 0.237 e. The van der Waals surface area contributed by atoms with Crippen LogP contribution in [-0.2, 0) is 4.79 Å². The fourth-order valence-electron chi connectivity index (χ4n) is 2.14. The van der Waals surface area contributed by atoms with Gasteiger partial charge in [0, 0.05) is 13.1 Å². The Kier molecular flexibility index (Phi) is 5.99. The van der Waals surface area contributed by atoms with E-state index in [1.54, 1.807) is 0 Å². The highest BCUT2D eigenvalue weighted by Gasteiger charge is 2.21. The summed E-state index contributed by atoms with van der Waals surface area (Å²) in [7, 11) is 0. The third-order valence-electron chi connectivity index (χ3n) is 3.26. The number of amides is 1. The summed E-state index contributed by atoms with van der Waals surface area (Å²) in [4.78, 5) is 14.1. The predicted molar refractivity (Wildman–Crippen MR) is 67.2 cm³/mol. The summed E-state index contributed by atoms with van der Waals surface area (Å²) in [5.41, 5.74) is 0. The summed E-state index contributed by atoms with van der Waals surface area (Å²) >= 11 is 0. The number of hydrogen-bond acceptors (Lipinski definition) is 3. The van der Waals surface area contributed by atoms with E-state index in [1.165, 1.54) is 19.3 Å². The molecule has 0 bridgehead atoms. The first-order valence-electron chi connectivity index (χ1n) is 6.55. The van der Waals surface area contributed by atoms with Crippen molar-refractivity contribution in [3.63, 3.8) is 0 Å². The van der Waals surface area contributed by atoms with Crippen LogP contribution in [0.4, 0.5) is 0 Å². The van der Waals surface area contributed by atoms with Crippen LogP contribution in [0.3, 0.4) is 0 Å². The molecule has 1 unspecified atom stereocenters. The normalized spacial score (nSPS) is 18.7. The van der Waals surface area contributed by atoms with Crippen molar-refractivity contribution in [1.29, 1.82) is 5.26 Å². The summed E-state index contributed by atoms with van der Waals surface area (Å²) in [5.74, 6) is -0.564. The van der Waals surface area contributed by atoms with E-state index in [-0.39, 0.29) is 11.8 Å². The molecule has 96 valence electrons. The van der Waals surface area contributed by atoms with Crippen molar-refractivity contribution in [2.24, 2.45) is 11.8 Å². The minimum atomic E-state index is -0.517. The molecule has 0 spiro atoms. The minimum Gasteiger partial charge on any atom is -0.354 e. The van der Waals surface area contributed by atoms with Gasteiger partial charge in [-0.2, -0.15) is 5.26 Å². The Balaban J connectivity index is 2.21. The van der Waals surface area contributed by atoms with Crippen molar-refractivity contribution in [2.45, 2.75) is 33.1 Å². The molecule has 0 aromatic carbocycles. The first-order chi connectivity index (χ1) is 8.15. The zero-order valence-corrected chi connectivity index (χ0v) is 10.9. The van der Waals surface area contributed by atoms with E-state index in [9.17, 15) is 4.79 Å². The Morgan fingerprint density at radius 1 is 1.35 bits per heavy atom. The SMILES string of the molecule is CC(C)C(C#N)C(=O)NCCN1CCCCC1. The molecule has 0 aliphatic carbocycles. The lowest BCUT2D eigenvalue weighted by Gasteiger charge is -2.26. The molecule has 4 heteroatoms. The molecule has 0 radical (unpaired) electrons. The number of nitrogens with one attached hydrogen (secondary N) is 1. The number of nitriles is 1. The van der Waals surface area contributed by atoms with Gasteiger partial charge in [-0.1, -0.05) is 20.3 Å². The van der Waals surface area contributed by atoms with Gasteiger partial charge < -0.3 is 10.2 Å². The van der Waals surface area contributed by atoms with Gasteiger partial charge in [0.05, 0.1) is 6.07 Å². The van der Waals surface area contributed by atoms with Crippen LogP contribution in [0, 0.1) is 23.2 Å². The molecule has 17 heavy (non-hydrogen) atoms. The molecule has 0 aromatic rings. The van der Waals surface area contributed by atoms with Crippen molar-refractivity contribution in [1.82, 2.24) is 10.2 Å². The molecule has 1 heterocycles. The Morgan fingerprint density at radius 2 is 2.00 bits per heavy atom. The van der Waals surface area contributed by atoms with Gasteiger partial charge in [-0.3, -0.25) is 4.79 Å². The van der Waals surface area contributed by atoms with Crippen molar-refractivity contribution in [3.05, 3.63) is 0 Å². The van der Waals surface area contributed by atoms with Crippen LogP contribution in [0.25, 0.3) is 0 Å². The third-order valence-corrected chi connectivity index (χ3v) is 3.26. The number of piperidine rings is 1. The molecule has 0 aromatic heterocycles. The Morgan fingerprint density at radius 3 is 2.53 bits per heavy atom. The summed E-state index contributed by atoms with van der Waals surface area (Å²) in [6.07, 6.45) is 3.86. The van der Waals surface area contributed by atoms with Crippen LogP contribution in [0.2, 0.25) is 0 Å². The average molecular weight is 237 g/mol. The lowest BCUT2D eigenvalue weighted by atomic mass is 9.97. The van der Waals surface area contributed by atoms with Crippen molar-refractivity contribution in [3.8, 4) is 6.07 Å². The van der Waals surface area contributed by atoms with E-state index < -0.39 is 5.92 Å². The number of likely N-dealkylation sites (tertiary alicyclic amines) is 1. The smallest absolute Gasteiger partial charge is 0.237 e. The van der Waals surface area contributed by atoms with E-state index >= 15 is 0 Å². The summed E-state index contributed by atoms with van der Waals surface area (Å²) in [5, 5.41) is 11.8. The largest absolute Gasteiger partial charge is 0.354 e. The van der Waals surface area contributed by atoms with Gasteiger partial charge in [-0.05, 0) is 31.8 Å². The maximum atomic E-state index is 11.7. The van der Waals surface area contributed by atoms with Gasteiger partial charge in [0.25, 0.3) is 0 Å². The number of carbonyl (C=O) groups excluding carboxylic acids is 1. The van der Waals surface area contributed by atoms with Crippen LogP contribution in [0.15, 0.2) is 0 Å². The maximum absolute atomic E-state index is 11.7. The average Bonchev–Trinajstić information content (AvgIpc) is 2.30. The Hall–Kier alpha value is -1.08. The lowest BCUT2D eigenvalue weighted by Crippen LogP contribution is -2.40. The monoisotopic (exact) mass is 237 g/mol. The highest BCUT2D eigenvalue weighted by Crippen LogP contribution is 2.10. The third kappa shape index (κ3) is 4.74. The fourth-order valence-corrected chi connectivity index (χ4v) is 2.14. The van der Waals surface area contributed by atoms with E-state index in [2.05, 4.69) is 16.3 Å². The van der Waals surface area contributed by atoms with Crippen LogP contribution < -0.4 is 5.32 Å². The van der Waals surface area contributed by atoms with Crippen molar-refractivity contribution in [2.75, 3.05) is 26.2 Å². The molecule has 1 atom stereocenters. The molecule has 1 saturated heterocycles. The molecule has 1 aliphatic rings. The van der Waals surface area contributed by atoms with Crippen LogP contribution >= 0.6 is 0 Å². The quantitative estimate of drug-likeness (QED) is 0.786. The lowest BCUT2D eigenvalue weighted by molar-refractivity contribution is -0.124. The molecule has 1 fully saturated rings. The number of carbonyl (C=O) groups is 1. The second kappa shape index (κ2) is 7.29. The molecular formula is C13H23N3O. The molecule has 1 amide bonds. The van der Waals surface area contributed by atoms with Gasteiger partial charge in [-0.25, -0.2) is 0 Å². The molecule has 1 rings (SSSR count). The predicted octanol–water partition coefficient (Wildman–Crippen LogP) is 1.38. The van der Waals surface area contributed by atoms with Crippen molar-refractivity contribution < 1.29 is 4.79 Å². The van der Waals surface area contributed by atoms with E-state index in [0.717, 1.165) is 19.6 Å². The highest BCUT2D eigenvalue weighted by atomic mass is 16.1. The van der Waals surface area contributed by atoms with E-state index in [1.807, 2.05) is 13.8 Å². The molecule has 1 N–H and O–H groups in total. The fraction of sp³-hybridized carbons (Fsp3) is 0.846. The van der Waals surface area contributed by atoms with Crippen molar-refractivity contribution >= 4 is 5.91 Å². The standard InChI is InChI=1S/C13H23N3O/c1-11(2)12(10-14)13(17)15-6-9-16-7-4-3-5-8-16/h11-12H,3-9H2,1-2H3,(H,15,17). The highest BCUT2D eigenvalue weighted by molar-refractivity contribution is 5.81. The van der Waals surface area contributed by atoms with E-state index in [4.69, 9.17) is 5.26 Å². The number of nitrogens with zero attached hydrogens (tertiary/aromatic N) is 2. The number of hydrogen-bond donors (Lipinski definition) is 1. The molecule has 1 aliphatic heterocycles. The molecular weight excluding hydrogens is 214 g/mol. The van der Waals surface area contributed by atoms with Crippen LogP contribution in [0.5, 0.6) is 0 Å². The summed E-state index contributed by atoms with van der Waals surface area (Å²) in [6, 6.07) is 2.06. The van der Waals surface area contributed by atoms with Gasteiger partial charge >= 0.3 is 0 Å². The van der Waals surface area contributed by atoms with Gasteiger partial charge in [-0.15, -0.1) is 0 Å². The zero-order chi connectivity index (χ0) is 12.7.